The van der Waals surface area contributed by atoms with Crippen molar-refractivity contribution in [2.45, 2.75) is 0 Å². The Kier molecular flexibility index (Phi) is 2.62. The molecule has 0 aliphatic heterocycles. The molecule has 0 saturated heterocycles. The van der Waals surface area contributed by atoms with Crippen LogP contribution in [0.5, 0.6) is 0 Å². The van der Waals surface area contributed by atoms with Crippen molar-refractivity contribution >= 4 is 28.4 Å². The van der Waals surface area contributed by atoms with Gasteiger partial charge in [-0.05, 0) is 34.7 Å². The van der Waals surface area contributed by atoms with E-state index in [9.17, 15) is 0 Å². The van der Waals surface area contributed by atoms with E-state index >= 15 is 0 Å². The number of hydrogen-bond acceptors (Lipinski definition) is 3. The van der Waals surface area contributed by atoms with Gasteiger partial charge < -0.3 is 5.73 Å². The predicted molar refractivity (Wildman–Crippen MR) is 64.6 cm³/mol. The SMILES string of the molecule is Nc1cc(-c2ccc(I)cc2)ncn1. The smallest absolute Gasteiger partial charge is 0.127 e. The molecule has 14 heavy (non-hydrogen) atoms. The van der Waals surface area contributed by atoms with Gasteiger partial charge in [-0.1, -0.05) is 12.1 Å². The van der Waals surface area contributed by atoms with Gasteiger partial charge in [-0.3, -0.25) is 0 Å². The third kappa shape index (κ3) is 2.01. The van der Waals surface area contributed by atoms with Crippen LogP contribution in [0.4, 0.5) is 5.82 Å². The number of hydrogen-bond donors (Lipinski definition) is 1. The fourth-order valence-corrected chi connectivity index (χ4v) is 1.51. The van der Waals surface area contributed by atoms with Crippen molar-refractivity contribution in [1.29, 1.82) is 0 Å². The quantitative estimate of drug-likeness (QED) is 0.822. The van der Waals surface area contributed by atoms with Gasteiger partial charge in [-0.15, -0.1) is 0 Å². The molecule has 2 N–H and O–H groups in total. The van der Waals surface area contributed by atoms with Gasteiger partial charge in [-0.2, -0.15) is 0 Å². The minimum atomic E-state index is 0.494. The molecule has 0 unspecified atom stereocenters. The van der Waals surface area contributed by atoms with Crippen molar-refractivity contribution in [2.75, 3.05) is 5.73 Å². The van der Waals surface area contributed by atoms with E-state index in [2.05, 4.69) is 32.6 Å². The van der Waals surface area contributed by atoms with E-state index in [4.69, 9.17) is 5.73 Å². The number of benzene rings is 1. The van der Waals surface area contributed by atoms with Gasteiger partial charge in [0, 0.05) is 15.2 Å². The average Bonchev–Trinajstić information content (AvgIpc) is 2.19. The summed E-state index contributed by atoms with van der Waals surface area (Å²) in [5.41, 5.74) is 7.48. The monoisotopic (exact) mass is 297 g/mol. The standard InChI is InChI=1S/C10H8IN3/c11-8-3-1-7(2-4-8)9-5-10(12)14-6-13-9/h1-6H,(H2,12,13,14). The molecule has 0 atom stereocenters. The van der Waals surface area contributed by atoms with Gasteiger partial charge in [0.1, 0.15) is 12.1 Å². The molecule has 1 heterocycles. The van der Waals surface area contributed by atoms with E-state index in [1.54, 1.807) is 6.07 Å². The summed E-state index contributed by atoms with van der Waals surface area (Å²) >= 11 is 2.27. The number of nitrogens with zero attached hydrogens (tertiary/aromatic N) is 2. The Labute approximate surface area is 95.5 Å². The Morgan fingerprint density at radius 1 is 1.07 bits per heavy atom. The lowest BCUT2D eigenvalue weighted by atomic mass is 10.1. The van der Waals surface area contributed by atoms with Gasteiger partial charge in [0.25, 0.3) is 0 Å². The second-order valence-corrected chi connectivity index (χ2v) is 4.08. The van der Waals surface area contributed by atoms with Gasteiger partial charge in [0.2, 0.25) is 0 Å². The summed E-state index contributed by atoms with van der Waals surface area (Å²) in [5.74, 6) is 0.494. The summed E-state index contributed by atoms with van der Waals surface area (Å²) in [6, 6.07) is 9.87. The van der Waals surface area contributed by atoms with Crippen LogP contribution in [0.1, 0.15) is 0 Å². The summed E-state index contributed by atoms with van der Waals surface area (Å²) in [7, 11) is 0. The molecule has 2 aromatic rings. The van der Waals surface area contributed by atoms with Crippen LogP contribution in [0.15, 0.2) is 36.7 Å². The lowest BCUT2D eigenvalue weighted by Gasteiger charge is -2.00. The first-order valence-corrected chi connectivity index (χ1v) is 5.17. The highest BCUT2D eigenvalue weighted by molar-refractivity contribution is 14.1. The number of anilines is 1. The molecule has 0 radical (unpaired) electrons. The Morgan fingerprint density at radius 3 is 2.43 bits per heavy atom. The van der Waals surface area contributed by atoms with Crippen molar-refractivity contribution < 1.29 is 0 Å². The second kappa shape index (κ2) is 3.91. The predicted octanol–water partition coefficient (Wildman–Crippen LogP) is 2.33. The minimum Gasteiger partial charge on any atom is -0.384 e. The molecule has 0 aliphatic carbocycles. The highest BCUT2D eigenvalue weighted by Crippen LogP contribution is 2.18. The lowest BCUT2D eigenvalue weighted by Crippen LogP contribution is -1.92. The minimum absolute atomic E-state index is 0.494. The molecule has 1 aromatic heterocycles. The van der Waals surface area contributed by atoms with E-state index in [-0.39, 0.29) is 0 Å². The Morgan fingerprint density at radius 2 is 1.79 bits per heavy atom. The second-order valence-electron chi connectivity index (χ2n) is 2.84. The molecule has 0 bridgehead atoms. The van der Waals surface area contributed by atoms with E-state index < -0.39 is 0 Å². The highest BCUT2D eigenvalue weighted by Gasteiger charge is 1.99. The molecular weight excluding hydrogens is 289 g/mol. The maximum atomic E-state index is 5.57. The molecule has 0 amide bonds. The van der Waals surface area contributed by atoms with E-state index in [1.807, 2.05) is 24.3 Å². The van der Waals surface area contributed by atoms with Gasteiger partial charge in [0.15, 0.2) is 0 Å². The molecule has 0 fully saturated rings. The number of aromatic nitrogens is 2. The van der Waals surface area contributed by atoms with Crippen LogP contribution in [0.3, 0.4) is 0 Å². The first kappa shape index (κ1) is 9.39. The molecule has 1 aromatic carbocycles. The first-order chi connectivity index (χ1) is 6.75. The van der Waals surface area contributed by atoms with Crippen LogP contribution in [0.2, 0.25) is 0 Å². The summed E-state index contributed by atoms with van der Waals surface area (Å²) in [5, 5.41) is 0. The van der Waals surface area contributed by atoms with Crippen LogP contribution in [0, 0.1) is 3.57 Å². The van der Waals surface area contributed by atoms with Crippen LogP contribution < -0.4 is 5.73 Å². The molecule has 4 heteroatoms. The maximum absolute atomic E-state index is 5.57. The molecule has 3 nitrogen and oxygen atoms in total. The van der Waals surface area contributed by atoms with Gasteiger partial charge in [0.05, 0.1) is 5.69 Å². The van der Waals surface area contributed by atoms with Crippen LogP contribution in [0.25, 0.3) is 11.3 Å². The van der Waals surface area contributed by atoms with Crippen LogP contribution in [-0.2, 0) is 0 Å². The maximum Gasteiger partial charge on any atom is 0.127 e. The van der Waals surface area contributed by atoms with Crippen LogP contribution in [-0.4, -0.2) is 9.97 Å². The average molecular weight is 297 g/mol. The summed E-state index contributed by atoms with van der Waals surface area (Å²) in [6.45, 7) is 0. The molecule has 2 rings (SSSR count). The summed E-state index contributed by atoms with van der Waals surface area (Å²) < 4.78 is 1.20. The zero-order valence-electron chi connectivity index (χ0n) is 7.31. The van der Waals surface area contributed by atoms with Gasteiger partial charge >= 0.3 is 0 Å². The van der Waals surface area contributed by atoms with Crippen molar-refractivity contribution in [3.05, 3.63) is 40.2 Å². The van der Waals surface area contributed by atoms with E-state index in [1.165, 1.54) is 9.90 Å². The zero-order valence-corrected chi connectivity index (χ0v) is 9.47. The van der Waals surface area contributed by atoms with Gasteiger partial charge in [-0.25, -0.2) is 9.97 Å². The fourth-order valence-electron chi connectivity index (χ4n) is 1.15. The topological polar surface area (TPSA) is 51.8 Å². The number of rotatable bonds is 1. The number of nitrogens with two attached hydrogens (primary N) is 1. The van der Waals surface area contributed by atoms with E-state index in [0.717, 1.165) is 11.3 Å². The normalized spacial score (nSPS) is 10.1. The Hall–Kier alpha value is -1.17. The third-order valence-electron chi connectivity index (χ3n) is 1.83. The molecule has 0 aliphatic rings. The molecule has 70 valence electrons. The third-order valence-corrected chi connectivity index (χ3v) is 2.55. The van der Waals surface area contributed by atoms with E-state index in [0.29, 0.717) is 5.82 Å². The number of halogens is 1. The van der Waals surface area contributed by atoms with Crippen molar-refractivity contribution in [1.82, 2.24) is 9.97 Å². The summed E-state index contributed by atoms with van der Waals surface area (Å²) in [4.78, 5) is 7.99. The first-order valence-electron chi connectivity index (χ1n) is 4.09. The van der Waals surface area contributed by atoms with Crippen molar-refractivity contribution in [3.63, 3.8) is 0 Å². The molecular formula is C10H8IN3. The summed E-state index contributed by atoms with van der Waals surface area (Å²) in [6.07, 6.45) is 1.47. The molecule has 0 saturated carbocycles. The largest absolute Gasteiger partial charge is 0.384 e. The fraction of sp³-hybridized carbons (Fsp3) is 0. The van der Waals surface area contributed by atoms with Crippen LogP contribution >= 0.6 is 22.6 Å². The number of nitrogen functional groups attached to an aromatic ring is 1. The van der Waals surface area contributed by atoms with Crippen molar-refractivity contribution in [3.8, 4) is 11.3 Å². The zero-order chi connectivity index (χ0) is 9.97. The van der Waals surface area contributed by atoms with Crippen molar-refractivity contribution in [2.24, 2.45) is 0 Å². The highest BCUT2D eigenvalue weighted by atomic mass is 127. The lowest BCUT2D eigenvalue weighted by molar-refractivity contribution is 1.18. The Balaban J connectivity index is 2.44. The molecule has 0 spiro atoms. The Bertz CT molecular complexity index is 439.